The largest absolute Gasteiger partial charge is 0.220 e. The molecule has 0 aliphatic heterocycles. The zero-order valence-corrected chi connectivity index (χ0v) is 12.8. The quantitative estimate of drug-likeness (QED) is 0.753. The third-order valence-electron chi connectivity index (χ3n) is 2.61. The Balaban J connectivity index is 2.34. The van der Waals surface area contributed by atoms with E-state index >= 15 is 0 Å². The van der Waals surface area contributed by atoms with E-state index in [2.05, 4.69) is 25.9 Å². The van der Waals surface area contributed by atoms with Gasteiger partial charge in [-0.2, -0.15) is 0 Å². The van der Waals surface area contributed by atoms with E-state index in [0.717, 1.165) is 22.0 Å². The Morgan fingerprint density at radius 1 is 1.11 bits per heavy atom. The molecule has 0 saturated carbocycles. The van der Waals surface area contributed by atoms with Gasteiger partial charge in [0.25, 0.3) is 0 Å². The fraction of sp³-hybridized carbons (Fsp3) is 0.231. The summed E-state index contributed by atoms with van der Waals surface area (Å²) in [5.74, 6) is 0.633. The molecule has 0 unspecified atom stereocenters. The molecule has 1 aromatic carbocycles. The summed E-state index contributed by atoms with van der Waals surface area (Å²) in [6.07, 6.45) is 1.33. The van der Waals surface area contributed by atoms with E-state index < -0.39 is 0 Å². The molecule has 0 saturated heterocycles. The highest BCUT2D eigenvalue weighted by Crippen LogP contribution is 2.24. The van der Waals surface area contributed by atoms with Gasteiger partial charge in [-0.25, -0.2) is 9.97 Å². The van der Waals surface area contributed by atoms with Gasteiger partial charge >= 0.3 is 0 Å². The topological polar surface area (TPSA) is 25.8 Å². The maximum Gasteiger partial charge on any atom is 0.137 e. The Hall–Kier alpha value is -0.640. The molecular formula is C13H11BrCl2N2. The van der Waals surface area contributed by atoms with E-state index in [-0.39, 0.29) is 0 Å². The number of halogens is 3. The van der Waals surface area contributed by atoms with Crippen LogP contribution in [0.25, 0.3) is 0 Å². The second kappa shape index (κ2) is 6.00. The van der Waals surface area contributed by atoms with Crippen molar-refractivity contribution in [1.29, 1.82) is 0 Å². The lowest BCUT2D eigenvalue weighted by Gasteiger charge is -2.07. The number of rotatable bonds is 3. The van der Waals surface area contributed by atoms with Crippen molar-refractivity contribution in [2.24, 2.45) is 0 Å². The molecule has 5 heteroatoms. The Kier molecular flexibility index (Phi) is 4.60. The minimum absolute atomic E-state index is 0.444. The van der Waals surface area contributed by atoms with Gasteiger partial charge in [-0.15, -0.1) is 0 Å². The van der Waals surface area contributed by atoms with Gasteiger partial charge in [-0.1, -0.05) is 64.3 Å². The van der Waals surface area contributed by atoms with Crippen LogP contribution in [-0.4, -0.2) is 9.97 Å². The first-order valence-electron chi connectivity index (χ1n) is 5.56. The second-order valence-corrected chi connectivity index (χ2v) is 5.39. The summed E-state index contributed by atoms with van der Waals surface area (Å²) in [5.41, 5.74) is 1.91. The Bertz CT molecular complexity index is 550. The molecule has 0 radical (unpaired) electrons. The van der Waals surface area contributed by atoms with Crippen molar-refractivity contribution in [3.05, 3.63) is 56.0 Å². The van der Waals surface area contributed by atoms with Crippen molar-refractivity contribution in [3.8, 4) is 0 Å². The van der Waals surface area contributed by atoms with Crippen LogP contribution < -0.4 is 0 Å². The average molecular weight is 346 g/mol. The van der Waals surface area contributed by atoms with E-state index in [0.29, 0.717) is 22.6 Å². The van der Waals surface area contributed by atoms with Gasteiger partial charge in [-0.05, 0) is 18.1 Å². The lowest BCUT2D eigenvalue weighted by atomic mass is 10.1. The monoisotopic (exact) mass is 344 g/mol. The zero-order chi connectivity index (χ0) is 13.1. The van der Waals surface area contributed by atoms with E-state index in [9.17, 15) is 0 Å². The Morgan fingerprint density at radius 2 is 1.72 bits per heavy atom. The molecule has 0 amide bonds. The van der Waals surface area contributed by atoms with Gasteiger partial charge in [-0.3, -0.25) is 0 Å². The van der Waals surface area contributed by atoms with Crippen molar-refractivity contribution < 1.29 is 0 Å². The molecule has 1 heterocycles. The number of benzene rings is 1. The normalized spacial score (nSPS) is 10.7. The smallest absolute Gasteiger partial charge is 0.137 e. The van der Waals surface area contributed by atoms with E-state index in [1.54, 1.807) is 0 Å². The molecule has 0 bridgehead atoms. The first-order chi connectivity index (χ1) is 8.61. The average Bonchev–Trinajstić information content (AvgIpc) is 2.32. The van der Waals surface area contributed by atoms with E-state index in [1.165, 1.54) is 0 Å². The maximum absolute atomic E-state index is 6.09. The van der Waals surface area contributed by atoms with Crippen LogP contribution in [0.5, 0.6) is 0 Å². The molecular weight excluding hydrogens is 335 g/mol. The summed E-state index contributed by atoms with van der Waals surface area (Å²) in [7, 11) is 0. The summed E-state index contributed by atoms with van der Waals surface area (Å²) in [6, 6.07) is 7.94. The van der Waals surface area contributed by atoms with Crippen LogP contribution >= 0.6 is 39.1 Å². The minimum Gasteiger partial charge on any atom is -0.220 e. The molecule has 94 valence electrons. The number of hydrogen-bond acceptors (Lipinski definition) is 2. The lowest BCUT2D eigenvalue weighted by molar-refractivity contribution is 0.934. The predicted octanol–water partition coefficient (Wildman–Crippen LogP) is 4.70. The van der Waals surface area contributed by atoms with Gasteiger partial charge in [0.1, 0.15) is 16.1 Å². The van der Waals surface area contributed by atoms with Crippen molar-refractivity contribution in [1.82, 2.24) is 9.97 Å². The van der Waals surface area contributed by atoms with Crippen molar-refractivity contribution in [3.63, 3.8) is 0 Å². The predicted molar refractivity (Wildman–Crippen MR) is 78.4 cm³/mol. The highest BCUT2D eigenvalue weighted by atomic mass is 79.9. The summed E-state index contributed by atoms with van der Waals surface area (Å²) in [4.78, 5) is 8.58. The van der Waals surface area contributed by atoms with Crippen LogP contribution in [0, 0.1) is 0 Å². The number of aromatic nitrogens is 2. The summed E-state index contributed by atoms with van der Waals surface area (Å²) in [6.45, 7) is 1.98. The Morgan fingerprint density at radius 3 is 2.28 bits per heavy atom. The van der Waals surface area contributed by atoms with Crippen LogP contribution in [-0.2, 0) is 12.8 Å². The van der Waals surface area contributed by atoms with Gasteiger partial charge in [0.15, 0.2) is 0 Å². The molecule has 1 aromatic heterocycles. The molecule has 0 spiro atoms. The first kappa shape index (κ1) is 13.8. The molecule has 0 aliphatic carbocycles. The maximum atomic E-state index is 6.09. The second-order valence-electron chi connectivity index (χ2n) is 3.82. The third-order valence-corrected chi connectivity index (χ3v) is 4.01. The molecule has 2 nitrogen and oxygen atoms in total. The van der Waals surface area contributed by atoms with Gasteiger partial charge in [0.05, 0.1) is 0 Å². The molecule has 2 rings (SSSR count). The molecule has 18 heavy (non-hydrogen) atoms. The number of hydrogen-bond donors (Lipinski definition) is 0. The van der Waals surface area contributed by atoms with Gasteiger partial charge in [0, 0.05) is 16.5 Å². The fourth-order valence-electron chi connectivity index (χ4n) is 1.65. The summed E-state index contributed by atoms with van der Waals surface area (Å²) >= 11 is 15.7. The van der Waals surface area contributed by atoms with E-state index in [1.807, 2.05) is 31.2 Å². The lowest BCUT2D eigenvalue weighted by Crippen LogP contribution is -2.01. The van der Waals surface area contributed by atoms with Crippen LogP contribution in [0.2, 0.25) is 10.3 Å². The van der Waals surface area contributed by atoms with Crippen LogP contribution in [0.1, 0.15) is 23.9 Å². The fourth-order valence-corrected chi connectivity index (χ4v) is 2.77. The highest BCUT2D eigenvalue weighted by molar-refractivity contribution is 9.10. The summed E-state index contributed by atoms with van der Waals surface area (Å²) in [5, 5.41) is 0.888. The minimum atomic E-state index is 0.444. The van der Waals surface area contributed by atoms with Gasteiger partial charge in [0.2, 0.25) is 0 Å². The molecule has 0 fully saturated rings. The molecule has 0 aliphatic rings. The van der Waals surface area contributed by atoms with Crippen LogP contribution in [0.15, 0.2) is 28.7 Å². The Labute approximate surface area is 124 Å². The van der Waals surface area contributed by atoms with Crippen molar-refractivity contribution in [2.75, 3.05) is 0 Å². The molecule has 0 atom stereocenters. The zero-order valence-electron chi connectivity index (χ0n) is 9.75. The van der Waals surface area contributed by atoms with E-state index in [4.69, 9.17) is 23.2 Å². The molecule has 2 aromatic rings. The van der Waals surface area contributed by atoms with Crippen molar-refractivity contribution >= 4 is 39.1 Å². The van der Waals surface area contributed by atoms with Gasteiger partial charge < -0.3 is 0 Å². The van der Waals surface area contributed by atoms with Crippen LogP contribution in [0.4, 0.5) is 0 Å². The number of nitrogens with zero attached hydrogens (tertiary/aromatic N) is 2. The van der Waals surface area contributed by atoms with Crippen molar-refractivity contribution in [2.45, 2.75) is 19.8 Å². The highest BCUT2D eigenvalue weighted by Gasteiger charge is 2.11. The SMILES string of the molecule is CCc1c(Cl)nc(Cc2ccccc2Br)nc1Cl. The first-order valence-corrected chi connectivity index (χ1v) is 7.11. The third kappa shape index (κ3) is 3.02. The standard InChI is InChI=1S/C13H11BrCl2N2/c1-2-9-12(15)17-11(18-13(9)16)7-8-5-3-4-6-10(8)14/h3-6H,2,7H2,1H3. The van der Waals surface area contributed by atoms with Crippen LogP contribution in [0.3, 0.4) is 0 Å². The molecule has 0 N–H and O–H groups in total. The summed E-state index contributed by atoms with van der Waals surface area (Å²) < 4.78 is 1.03.